The van der Waals surface area contributed by atoms with E-state index in [9.17, 15) is 66.7 Å². The number of halogens is 14. The second kappa shape index (κ2) is 18.2. The summed E-state index contributed by atoms with van der Waals surface area (Å²) in [6, 6.07) is 0. The van der Waals surface area contributed by atoms with Gasteiger partial charge < -0.3 is 26.4 Å². The Kier molecular flexibility index (Phi) is 18.3. The van der Waals surface area contributed by atoms with Gasteiger partial charge in [-0.2, -0.15) is 57.1 Å². The highest BCUT2D eigenvalue weighted by atomic mass is 35.5. The van der Waals surface area contributed by atoms with Gasteiger partial charge in [0.05, 0.1) is 40.6 Å². The molecule has 1 atom stereocenters. The van der Waals surface area contributed by atoms with Crippen LogP contribution in [-0.4, -0.2) is 92.6 Å². The first-order valence-corrected chi connectivity index (χ1v) is 14.3. The molecule has 46 heavy (non-hydrogen) atoms. The largest absolute Gasteiger partial charge is 1.00 e. The normalized spacial score (nSPS) is 14.5. The number of esters is 2. The molecule has 0 heterocycles. The molecule has 0 aromatic carbocycles. The minimum atomic E-state index is -8.00. The van der Waals surface area contributed by atoms with Crippen molar-refractivity contribution < 1.29 is 93.0 Å². The number of hydrogen-bond acceptors (Lipinski definition) is 4. The topological polar surface area (TPSA) is 52.6 Å². The van der Waals surface area contributed by atoms with E-state index in [0.29, 0.717) is 6.42 Å². The highest BCUT2D eigenvalue weighted by Gasteiger charge is 2.90. The van der Waals surface area contributed by atoms with Crippen LogP contribution >= 0.6 is 0 Å². The number of quaternary nitrogens is 1. The minimum Gasteiger partial charge on any atom is -1.00 e. The van der Waals surface area contributed by atoms with Crippen molar-refractivity contribution in [2.75, 3.05) is 34.3 Å². The van der Waals surface area contributed by atoms with Gasteiger partial charge >= 0.3 is 47.7 Å². The summed E-state index contributed by atoms with van der Waals surface area (Å²) in [5.74, 6) is -39.7. The van der Waals surface area contributed by atoms with Gasteiger partial charge in [-0.1, -0.05) is 58.3 Å². The molecule has 0 aliphatic carbocycles. The molecule has 276 valence electrons. The number of alkyl halides is 13. The van der Waals surface area contributed by atoms with Crippen molar-refractivity contribution in [3.8, 4) is 0 Å². The molecular formula is C27H41ClF13NO4. The van der Waals surface area contributed by atoms with E-state index in [1.165, 1.54) is 0 Å². The molecule has 0 aromatic rings. The molecule has 0 rings (SSSR count). The van der Waals surface area contributed by atoms with Crippen molar-refractivity contribution in [1.82, 2.24) is 0 Å². The molecule has 0 amide bonds. The Morgan fingerprint density at radius 2 is 1.07 bits per heavy atom. The van der Waals surface area contributed by atoms with Gasteiger partial charge in [0.2, 0.25) is 0 Å². The van der Waals surface area contributed by atoms with Crippen LogP contribution in [0.15, 0.2) is 0 Å². The van der Waals surface area contributed by atoms with E-state index in [0.717, 1.165) is 51.4 Å². The van der Waals surface area contributed by atoms with E-state index in [-0.39, 0.29) is 29.9 Å². The van der Waals surface area contributed by atoms with Gasteiger partial charge in [0, 0.05) is 6.42 Å². The highest BCUT2D eigenvalue weighted by Crippen LogP contribution is 2.60. The third-order valence-corrected chi connectivity index (χ3v) is 6.61. The van der Waals surface area contributed by atoms with Crippen molar-refractivity contribution in [1.29, 1.82) is 0 Å². The summed E-state index contributed by atoms with van der Waals surface area (Å²) in [6.45, 7) is 0.203. The zero-order chi connectivity index (χ0) is 35.5. The lowest BCUT2D eigenvalue weighted by atomic mass is 9.93. The van der Waals surface area contributed by atoms with Gasteiger partial charge in [0.1, 0.15) is 6.54 Å². The summed E-state index contributed by atoms with van der Waals surface area (Å²) < 4.78 is 181. The third kappa shape index (κ3) is 13.1. The highest BCUT2D eigenvalue weighted by molar-refractivity contribution is 5.72. The Hall–Kier alpha value is -1.72. The minimum absolute atomic E-state index is 0. The van der Waals surface area contributed by atoms with Crippen molar-refractivity contribution in [2.45, 2.75) is 126 Å². The van der Waals surface area contributed by atoms with Crippen LogP contribution in [0.4, 0.5) is 57.1 Å². The number of carbonyl (C=O) groups is 2. The Balaban J connectivity index is 0. The standard InChI is InChI=1S/C27H41F13NO4.ClH/c1-5-6-7-8-9-10-11-12-13-14-20(42)45-19(18-41(2,3)4)17-21(43)44-16-15-22(28,29)23(30,31)24(32,33)25(34,35)26(36,37)27(38,39)40;/h19H,5-18H2,1-4H3;1H/q+1;/p-1/t19-;/m1./s1. The van der Waals surface area contributed by atoms with Crippen molar-refractivity contribution >= 4 is 11.9 Å². The molecule has 0 aliphatic rings. The fourth-order valence-corrected chi connectivity index (χ4v) is 4.08. The molecule has 0 N–H and O–H groups in total. The van der Waals surface area contributed by atoms with E-state index in [1.807, 2.05) is 0 Å². The quantitative estimate of drug-likeness (QED) is 0.0633. The fraction of sp³-hybridized carbons (Fsp3) is 0.926. The van der Waals surface area contributed by atoms with E-state index in [2.05, 4.69) is 11.7 Å². The van der Waals surface area contributed by atoms with Gasteiger partial charge in [-0.25, -0.2) is 0 Å². The van der Waals surface area contributed by atoms with Crippen LogP contribution < -0.4 is 12.4 Å². The Labute approximate surface area is 265 Å². The lowest BCUT2D eigenvalue weighted by Crippen LogP contribution is -3.00. The molecule has 0 aromatic heterocycles. The second-order valence-corrected chi connectivity index (χ2v) is 11.8. The zero-order valence-electron chi connectivity index (χ0n) is 25.8. The first kappa shape index (κ1) is 46.4. The molecule has 0 radical (unpaired) electrons. The molecule has 0 spiro atoms. The van der Waals surface area contributed by atoms with Crippen molar-refractivity contribution in [3.63, 3.8) is 0 Å². The smallest absolute Gasteiger partial charge is 0.460 e. The average Bonchev–Trinajstić information content (AvgIpc) is 2.85. The molecule has 0 saturated carbocycles. The Morgan fingerprint density at radius 1 is 0.630 bits per heavy atom. The van der Waals surface area contributed by atoms with Gasteiger partial charge in [0.15, 0.2) is 6.10 Å². The lowest BCUT2D eigenvalue weighted by Gasteiger charge is -2.39. The number of rotatable bonds is 22. The number of carbonyl (C=O) groups excluding carboxylic acids is 2. The first-order chi connectivity index (χ1) is 20.2. The average molecular weight is 726 g/mol. The van der Waals surface area contributed by atoms with E-state index in [4.69, 9.17) is 4.74 Å². The molecule has 0 saturated heterocycles. The summed E-state index contributed by atoms with van der Waals surface area (Å²) >= 11 is 0. The number of hydrogen-bond donors (Lipinski definition) is 0. The Morgan fingerprint density at radius 3 is 1.50 bits per heavy atom. The monoisotopic (exact) mass is 725 g/mol. The maximum absolute atomic E-state index is 13.9. The number of ether oxygens (including phenoxy) is 2. The van der Waals surface area contributed by atoms with Crippen molar-refractivity contribution in [2.24, 2.45) is 0 Å². The number of unbranched alkanes of at least 4 members (excludes halogenated alkanes) is 8. The summed E-state index contributed by atoms with van der Waals surface area (Å²) in [4.78, 5) is 24.4. The molecule has 19 heteroatoms. The van der Waals surface area contributed by atoms with Crippen LogP contribution in [0, 0.1) is 0 Å². The van der Waals surface area contributed by atoms with Crippen LogP contribution in [-0.2, 0) is 19.1 Å². The lowest BCUT2D eigenvalue weighted by molar-refractivity contribution is -0.873. The maximum atomic E-state index is 13.9. The van der Waals surface area contributed by atoms with E-state index >= 15 is 0 Å². The Bertz CT molecular complexity index is 926. The fourth-order valence-electron chi connectivity index (χ4n) is 4.08. The summed E-state index contributed by atoms with van der Waals surface area (Å²) in [6.07, 6.45) is -3.56. The summed E-state index contributed by atoms with van der Waals surface area (Å²) in [5, 5.41) is 0. The molecule has 0 unspecified atom stereocenters. The van der Waals surface area contributed by atoms with Crippen LogP contribution in [0.25, 0.3) is 0 Å². The number of likely N-dealkylation sites (N-methyl/N-ethyl adjacent to an activating group) is 1. The SMILES string of the molecule is CCCCCCCCCCCC(=O)O[C@H](CC(=O)OCCC(F)(F)C(F)(F)C(F)(F)C(F)(F)C(F)(F)C(F)(F)F)C[N+](C)(C)C.[Cl-]. The molecular weight excluding hydrogens is 685 g/mol. The predicted molar refractivity (Wildman–Crippen MR) is 136 cm³/mol. The van der Waals surface area contributed by atoms with Gasteiger partial charge in [0.25, 0.3) is 0 Å². The predicted octanol–water partition coefficient (Wildman–Crippen LogP) is 5.59. The molecule has 0 bridgehead atoms. The second-order valence-electron chi connectivity index (χ2n) is 11.8. The van der Waals surface area contributed by atoms with Gasteiger partial charge in [-0.15, -0.1) is 0 Å². The summed E-state index contributed by atoms with van der Waals surface area (Å²) in [5.41, 5.74) is 0. The van der Waals surface area contributed by atoms with E-state index < -0.39 is 73.3 Å². The van der Waals surface area contributed by atoms with E-state index in [1.54, 1.807) is 21.1 Å². The summed E-state index contributed by atoms with van der Waals surface area (Å²) in [7, 11) is 4.86. The van der Waals surface area contributed by atoms with Crippen LogP contribution in [0.3, 0.4) is 0 Å². The van der Waals surface area contributed by atoms with Gasteiger partial charge in [-0.05, 0) is 6.42 Å². The molecule has 0 aliphatic heterocycles. The van der Waals surface area contributed by atoms with Crippen LogP contribution in [0.5, 0.6) is 0 Å². The molecule has 0 fully saturated rings. The first-order valence-electron chi connectivity index (χ1n) is 14.3. The van der Waals surface area contributed by atoms with Crippen molar-refractivity contribution in [3.05, 3.63) is 0 Å². The maximum Gasteiger partial charge on any atom is 0.460 e. The third-order valence-electron chi connectivity index (χ3n) is 6.61. The zero-order valence-corrected chi connectivity index (χ0v) is 26.6. The van der Waals surface area contributed by atoms with Crippen LogP contribution in [0.2, 0.25) is 0 Å². The number of nitrogens with zero attached hydrogens (tertiary/aromatic N) is 1. The van der Waals surface area contributed by atoms with Crippen LogP contribution in [0.1, 0.15) is 84.0 Å². The van der Waals surface area contributed by atoms with Gasteiger partial charge in [-0.3, -0.25) is 9.59 Å². The molecule has 5 nitrogen and oxygen atoms in total.